The molecular formula is C18H21ClN2O. The van der Waals surface area contributed by atoms with E-state index in [9.17, 15) is 10.4 Å². The predicted octanol–water partition coefficient (Wildman–Crippen LogP) is 4.53. The number of hydrogen-bond donors (Lipinski definition) is 1. The van der Waals surface area contributed by atoms with E-state index in [1.165, 1.54) is 0 Å². The Balaban J connectivity index is 0.00000116. The van der Waals surface area contributed by atoms with Gasteiger partial charge in [0.15, 0.2) is 0 Å². The molecule has 0 aliphatic rings. The molecule has 0 saturated carbocycles. The van der Waals surface area contributed by atoms with E-state index >= 15 is 0 Å². The molecule has 116 valence electrons. The third kappa shape index (κ3) is 4.07. The van der Waals surface area contributed by atoms with Crippen molar-refractivity contribution in [2.45, 2.75) is 40.2 Å². The number of pyridine rings is 1. The summed E-state index contributed by atoms with van der Waals surface area (Å²) < 4.78 is 0. The highest BCUT2D eigenvalue weighted by Gasteiger charge is 2.20. The zero-order chi connectivity index (χ0) is 16.7. The second kappa shape index (κ2) is 8.53. The van der Waals surface area contributed by atoms with Crippen LogP contribution in [0.25, 0.3) is 0 Å². The molecule has 4 heteroatoms. The van der Waals surface area contributed by atoms with Gasteiger partial charge in [-0.25, -0.2) is 0 Å². The molecule has 0 radical (unpaired) electrons. The summed E-state index contributed by atoms with van der Waals surface area (Å²) in [5.41, 5.74) is 3.87. The van der Waals surface area contributed by atoms with Crippen LogP contribution in [0, 0.1) is 25.2 Å². The minimum Gasteiger partial charge on any atom is -0.392 e. The molecule has 1 atom stereocenters. The summed E-state index contributed by atoms with van der Waals surface area (Å²) in [6.45, 7) is 7.70. The molecular weight excluding hydrogens is 296 g/mol. The number of nitrogens with zero attached hydrogens (tertiary/aromatic N) is 2. The molecule has 0 spiro atoms. The highest BCUT2D eigenvalue weighted by atomic mass is 35.5. The number of nitriles is 1. The number of halogens is 1. The first kappa shape index (κ1) is 18.2. The third-order valence-corrected chi connectivity index (χ3v) is 3.53. The van der Waals surface area contributed by atoms with E-state index in [1.807, 2.05) is 39.8 Å². The molecule has 1 aromatic carbocycles. The van der Waals surface area contributed by atoms with Gasteiger partial charge in [-0.3, -0.25) is 4.98 Å². The molecule has 2 rings (SSSR count). The van der Waals surface area contributed by atoms with Crippen LogP contribution >= 0.6 is 11.6 Å². The standard InChI is InChI=1S/C16H15ClN2O.C2H6/c1-10-4-3-5-14(17)16(10)13(8-18)15-7-12(9-20)6-11(2)19-15;1-2/h3-7,13,20H,9H2,1-2H3;1-2H3. The minimum absolute atomic E-state index is 0.0734. The summed E-state index contributed by atoms with van der Waals surface area (Å²) in [7, 11) is 0. The van der Waals surface area contributed by atoms with Crippen molar-refractivity contribution in [3.63, 3.8) is 0 Å². The predicted molar refractivity (Wildman–Crippen MR) is 89.9 cm³/mol. The fraction of sp³-hybridized carbons (Fsp3) is 0.333. The molecule has 1 aromatic heterocycles. The van der Waals surface area contributed by atoms with Crippen molar-refractivity contribution in [2.24, 2.45) is 0 Å². The van der Waals surface area contributed by atoms with Gasteiger partial charge < -0.3 is 5.11 Å². The maximum atomic E-state index is 9.53. The largest absolute Gasteiger partial charge is 0.392 e. The van der Waals surface area contributed by atoms with E-state index in [0.29, 0.717) is 10.7 Å². The van der Waals surface area contributed by atoms with Gasteiger partial charge in [-0.05, 0) is 48.7 Å². The van der Waals surface area contributed by atoms with Gasteiger partial charge in [0.05, 0.1) is 18.4 Å². The molecule has 0 amide bonds. The van der Waals surface area contributed by atoms with Crippen LogP contribution in [0.5, 0.6) is 0 Å². The maximum Gasteiger partial charge on any atom is 0.115 e. The first-order chi connectivity index (χ1) is 10.6. The Labute approximate surface area is 137 Å². The molecule has 0 saturated heterocycles. The first-order valence-corrected chi connectivity index (χ1v) is 7.67. The molecule has 0 aliphatic heterocycles. The molecule has 3 nitrogen and oxygen atoms in total. The van der Waals surface area contributed by atoms with Crippen molar-refractivity contribution >= 4 is 11.6 Å². The normalized spacial score (nSPS) is 11.1. The number of rotatable bonds is 3. The van der Waals surface area contributed by atoms with E-state index in [2.05, 4.69) is 11.1 Å². The third-order valence-electron chi connectivity index (χ3n) is 3.20. The molecule has 2 aromatic rings. The smallest absolute Gasteiger partial charge is 0.115 e. The number of aromatic nitrogens is 1. The number of benzene rings is 1. The molecule has 1 unspecified atom stereocenters. The Hall–Kier alpha value is -1.89. The Morgan fingerprint density at radius 2 is 1.95 bits per heavy atom. The molecule has 0 bridgehead atoms. The van der Waals surface area contributed by atoms with Gasteiger partial charge in [0, 0.05) is 10.7 Å². The van der Waals surface area contributed by atoms with Crippen LogP contribution in [0.2, 0.25) is 5.02 Å². The Morgan fingerprint density at radius 3 is 2.50 bits per heavy atom. The quantitative estimate of drug-likeness (QED) is 0.905. The van der Waals surface area contributed by atoms with Gasteiger partial charge in [0.1, 0.15) is 5.92 Å². The lowest BCUT2D eigenvalue weighted by molar-refractivity contribution is 0.281. The van der Waals surface area contributed by atoms with E-state index in [0.717, 1.165) is 22.4 Å². The Morgan fingerprint density at radius 1 is 1.27 bits per heavy atom. The highest BCUT2D eigenvalue weighted by molar-refractivity contribution is 6.31. The second-order valence-corrected chi connectivity index (χ2v) is 5.14. The SMILES string of the molecule is CC.Cc1cc(CO)cc(C(C#N)c2c(C)cccc2Cl)n1. The average Bonchev–Trinajstić information content (AvgIpc) is 2.52. The fourth-order valence-corrected chi connectivity index (χ4v) is 2.63. The van der Waals surface area contributed by atoms with Gasteiger partial charge in [0.2, 0.25) is 0 Å². The zero-order valence-corrected chi connectivity index (χ0v) is 14.1. The number of hydrogen-bond acceptors (Lipinski definition) is 3. The van der Waals surface area contributed by atoms with E-state index in [-0.39, 0.29) is 6.61 Å². The minimum atomic E-state index is -0.533. The summed E-state index contributed by atoms with van der Waals surface area (Å²) in [4.78, 5) is 4.42. The van der Waals surface area contributed by atoms with Crippen LogP contribution < -0.4 is 0 Å². The van der Waals surface area contributed by atoms with Crippen LogP contribution in [0.3, 0.4) is 0 Å². The van der Waals surface area contributed by atoms with Gasteiger partial charge in [-0.1, -0.05) is 37.6 Å². The topological polar surface area (TPSA) is 56.9 Å². The second-order valence-electron chi connectivity index (χ2n) is 4.73. The van der Waals surface area contributed by atoms with Gasteiger partial charge >= 0.3 is 0 Å². The first-order valence-electron chi connectivity index (χ1n) is 7.29. The van der Waals surface area contributed by atoms with Crippen LogP contribution in [-0.4, -0.2) is 10.1 Å². The monoisotopic (exact) mass is 316 g/mol. The lowest BCUT2D eigenvalue weighted by Gasteiger charge is -2.15. The van der Waals surface area contributed by atoms with Crippen molar-refractivity contribution < 1.29 is 5.11 Å². The van der Waals surface area contributed by atoms with Gasteiger partial charge in [-0.15, -0.1) is 0 Å². The van der Waals surface area contributed by atoms with E-state index in [1.54, 1.807) is 18.2 Å². The molecule has 0 aliphatic carbocycles. The maximum absolute atomic E-state index is 9.53. The summed E-state index contributed by atoms with van der Waals surface area (Å²) >= 11 is 6.24. The van der Waals surface area contributed by atoms with Gasteiger partial charge in [-0.2, -0.15) is 5.26 Å². The lowest BCUT2D eigenvalue weighted by atomic mass is 9.92. The summed E-state index contributed by atoms with van der Waals surface area (Å²) in [6.07, 6.45) is 0. The van der Waals surface area contributed by atoms with Gasteiger partial charge in [0.25, 0.3) is 0 Å². The summed E-state index contributed by atoms with van der Waals surface area (Å²) in [6, 6.07) is 11.4. The van der Waals surface area contributed by atoms with Crippen LogP contribution in [0.4, 0.5) is 0 Å². The molecule has 1 heterocycles. The number of aliphatic hydroxyl groups is 1. The van der Waals surface area contributed by atoms with Crippen molar-refractivity contribution in [3.8, 4) is 6.07 Å². The van der Waals surface area contributed by atoms with Crippen molar-refractivity contribution in [1.29, 1.82) is 5.26 Å². The van der Waals surface area contributed by atoms with Crippen LogP contribution in [-0.2, 0) is 6.61 Å². The van der Waals surface area contributed by atoms with Crippen molar-refractivity contribution in [3.05, 3.63) is 63.4 Å². The summed E-state index contributed by atoms with van der Waals surface area (Å²) in [5.74, 6) is -0.533. The zero-order valence-electron chi connectivity index (χ0n) is 13.4. The van der Waals surface area contributed by atoms with Crippen LogP contribution in [0.1, 0.15) is 47.8 Å². The van der Waals surface area contributed by atoms with E-state index in [4.69, 9.17) is 11.6 Å². The van der Waals surface area contributed by atoms with Crippen molar-refractivity contribution in [1.82, 2.24) is 4.98 Å². The molecule has 0 fully saturated rings. The molecule has 1 N–H and O–H groups in total. The Kier molecular flexibility index (Phi) is 7.04. The van der Waals surface area contributed by atoms with Crippen LogP contribution in [0.15, 0.2) is 30.3 Å². The molecule has 22 heavy (non-hydrogen) atoms. The summed E-state index contributed by atoms with van der Waals surface area (Å²) in [5, 5.41) is 19.4. The average molecular weight is 317 g/mol. The lowest BCUT2D eigenvalue weighted by Crippen LogP contribution is -2.06. The fourth-order valence-electron chi connectivity index (χ4n) is 2.30. The number of aliphatic hydroxyl groups excluding tert-OH is 1. The number of aryl methyl sites for hydroxylation is 2. The van der Waals surface area contributed by atoms with E-state index < -0.39 is 5.92 Å². The highest BCUT2D eigenvalue weighted by Crippen LogP contribution is 2.32. The van der Waals surface area contributed by atoms with Crippen molar-refractivity contribution in [2.75, 3.05) is 0 Å². The Bertz CT molecular complexity index is 657.